The molecular formula is C16H15NaO7S. The number of rotatable bonds is 5. The van der Waals surface area contributed by atoms with E-state index in [1.807, 2.05) is 0 Å². The molecule has 2 rings (SSSR count). The summed E-state index contributed by atoms with van der Waals surface area (Å²) < 4.78 is 37.9. The fraction of sp³-hybridized carbons (Fsp3) is 0.125. The van der Waals surface area contributed by atoms with Crippen LogP contribution in [0.4, 0.5) is 0 Å². The van der Waals surface area contributed by atoms with E-state index in [2.05, 4.69) is 8.92 Å². The van der Waals surface area contributed by atoms with Crippen molar-refractivity contribution < 1.29 is 62.6 Å². The number of ether oxygens (including phenoxy) is 2. The quantitative estimate of drug-likeness (QED) is 0.291. The molecule has 0 radical (unpaired) electrons. The van der Waals surface area contributed by atoms with Crippen molar-refractivity contribution in [1.29, 1.82) is 0 Å². The molecule has 0 fully saturated rings. The molecule has 0 unspecified atom stereocenters. The van der Waals surface area contributed by atoms with Gasteiger partial charge in [-0.25, -0.2) is 9.59 Å². The molecule has 0 aromatic heterocycles. The summed E-state index contributed by atoms with van der Waals surface area (Å²) in [6, 6.07) is 11.5. The maximum atomic E-state index is 12.2. The molecule has 0 amide bonds. The van der Waals surface area contributed by atoms with E-state index in [1.165, 1.54) is 6.07 Å². The van der Waals surface area contributed by atoms with Crippen molar-refractivity contribution in [2.75, 3.05) is 14.2 Å². The number of benzene rings is 2. The predicted octanol–water partition coefficient (Wildman–Crippen LogP) is -0.856. The van der Waals surface area contributed by atoms with Crippen LogP contribution in [0.15, 0.2) is 53.4 Å². The minimum absolute atomic E-state index is 0. The number of hydrogen-bond donors (Lipinski definition) is 0. The summed E-state index contributed by atoms with van der Waals surface area (Å²) >= 11 is 0. The summed E-state index contributed by atoms with van der Waals surface area (Å²) in [5.74, 6) is -1.33. The zero-order valence-corrected chi connectivity index (χ0v) is 16.7. The van der Waals surface area contributed by atoms with Crippen molar-refractivity contribution >= 4 is 22.1 Å². The van der Waals surface area contributed by atoms with E-state index in [9.17, 15) is 18.0 Å². The van der Waals surface area contributed by atoms with E-state index < -0.39 is 22.1 Å². The minimum Gasteiger partial charge on any atom is -1.00 e. The van der Waals surface area contributed by atoms with Crippen molar-refractivity contribution in [2.45, 2.75) is 4.90 Å². The standard InChI is InChI=1S/C16H14O7S.Na.H/c1-21-15(17)11-8-12(10-14(9-11)24(19,20)22-2)16(18)23-13-6-4-3-5-7-13;;/h3-10H,1-2H3;;/q;+1;-1. The second-order valence-electron chi connectivity index (χ2n) is 4.56. The van der Waals surface area contributed by atoms with E-state index in [-0.39, 0.29) is 52.8 Å². The van der Waals surface area contributed by atoms with Crippen LogP contribution in [0.25, 0.3) is 0 Å². The third kappa shape index (κ3) is 5.38. The third-order valence-corrected chi connectivity index (χ3v) is 4.28. The van der Waals surface area contributed by atoms with Gasteiger partial charge in [-0.1, -0.05) is 18.2 Å². The van der Waals surface area contributed by atoms with E-state index in [0.29, 0.717) is 0 Å². The fourth-order valence-corrected chi connectivity index (χ4v) is 2.58. The zero-order valence-electron chi connectivity index (χ0n) is 14.9. The van der Waals surface area contributed by atoms with Crippen LogP contribution in [0.3, 0.4) is 0 Å². The summed E-state index contributed by atoms with van der Waals surface area (Å²) in [6.07, 6.45) is 0. The summed E-state index contributed by atoms with van der Waals surface area (Å²) in [4.78, 5) is 23.6. The van der Waals surface area contributed by atoms with Gasteiger partial charge in [-0.05, 0) is 30.3 Å². The minimum atomic E-state index is -4.11. The first-order chi connectivity index (χ1) is 11.4. The van der Waals surface area contributed by atoms with E-state index in [1.54, 1.807) is 30.3 Å². The van der Waals surface area contributed by atoms with Crippen molar-refractivity contribution in [1.82, 2.24) is 0 Å². The molecule has 2 aromatic carbocycles. The topological polar surface area (TPSA) is 96.0 Å². The number of esters is 2. The van der Waals surface area contributed by atoms with Crippen molar-refractivity contribution in [3.8, 4) is 5.75 Å². The third-order valence-electron chi connectivity index (χ3n) is 3.03. The number of para-hydroxylation sites is 1. The molecule has 0 bridgehead atoms. The summed E-state index contributed by atoms with van der Waals surface area (Å²) in [6.45, 7) is 0. The Morgan fingerprint density at radius 3 is 2.00 bits per heavy atom. The van der Waals surface area contributed by atoms with Crippen LogP contribution in [0.5, 0.6) is 5.75 Å². The first kappa shape index (κ1) is 21.3. The van der Waals surface area contributed by atoms with Crippen LogP contribution >= 0.6 is 0 Å². The summed E-state index contributed by atoms with van der Waals surface area (Å²) in [7, 11) is -1.99. The Morgan fingerprint density at radius 1 is 0.920 bits per heavy atom. The van der Waals surface area contributed by atoms with Gasteiger partial charge in [0.15, 0.2) is 0 Å². The van der Waals surface area contributed by atoms with Gasteiger partial charge in [-0.2, -0.15) is 8.42 Å². The molecule has 0 N–H and O–H groups in total. The molecule has 7 nitrogen and oxygen atoms in total. The molecule has 0 aliphatic rings. The van der Waals surface area contributed by atoms with Crippen LogP contribution in [0.2, 0.25) is 0 Å². The van der Waals surface area contributed by atoms with Gasteiger partial charge in [0.2, 0.25) is 0 Å². The molecule has 0 aliphatic carbocycles. The van der Waals surface area contributed by atoms with Gasteiger partial charge in [0.25, 0.3) is 10.1 Å². The summed E-state index contributed by atoms with van der Waals surface area (Å²) in [5.41, 5.74) is -0.243. The second kappa shape index (κ2) is 9.12. The van der Waals surface area contributed by atoms with Gasteiger partial charge in [0.05, 0.1) is 30.2 Å². The molecule has 9 heteroatoms. The van der Waals surface area contributed by atoms with Crippen LogP contribution < -0.4 is 34.3 Å². The molecule has 0 aliphatic heterocycles. The Bertz CT molecular complexity index is 869. The van der Waals surface area contributed by atoms with Gasteiger partial charge >= 0.3 is 41.5 Å². The van der Waals surface area contributed by atoms with E-state index in [4.69, 9.17) is 4.74 Å². The molecule has 128 valence electrons. The average molecular weight is 374 g/mol. The van der Waals surface area contributed by atoms with Gasteiger partial charge in [-0.15, -0.1) is 0 Å². The first-order valence-electron chi connectivity index (χ1n) is 6.68. The fourth-order valence-electron chi connectivity index (χ4n) is 1.85. The maximum absolute atomic E-state index is 12.2. The van der Waals surface area contributed by atoms with Crippen LogP contribution in [-0.4, -0.2) is 34.6 Å². The van der Waals surface area contributed by atoms with Gasteiger partial charge in [0, 0.05) is 0 Å². The van der Waals surface area contributed by atoms with Crippen molar-refractivity contribution in [2.24, 2.45) is 0 Å². The normalized spacial score (nSPS) is 10.5. The van der Waals surface area contributed by atoms with Crippen LogP contribution in [-0.2, 0) is 19.0 Å². The second-order valence-corrected chi connectivity index (χ2v) is 6.27. The Labute approximate surface area is 168 Å². The van der Waals surface area contributed by atoms with Crippen LogP contribution in [0.1, 0.15) is 22.1 Å². The first-order valence-corrected chi connectivity index (χ1v) is 8.09. The number of methoxy groups -OCH3 is 1. The Hall–Kier alpha value is -1.71. The molecule has 0 atom stereocenters. The van der Waals surface area contributed by atoms with E-state index >= 15 is 0 Å². The molecule has 0 spiro atoms. The summed E-state index contributed by atoms with van der Waals surface area (Å²) in [5, 5.41) is 0. The molecular weight excluding hydrogens is 359 g/mol. The molecule has 0 heterocycles. The van der Waals surface area contributed by atoms with Crippen molar-refractivity contribution in [3.05, 3.63) is 59.7 Å². The predicted molar refractivity (Wildman–Crippen MR) is 84.5 cm³/mol. The molecule has 25 heavy (non-hydrogen) atoms. The largest absolute Gasteiger partial charge is 1.00 e. The number of carbonyl (C=O) groups is 2. The Morgan fingerprint density at radius 2 is 1.48 bits per heavy atom. The molecule has 0 saturated carbocycles. The van der Waals surface area contributed by atoms with Gasteiger partial charge in [0.1, 0.15) is 5.75 Å². The van der Waals surface area contributed by atoms with E-state index in [0.717, 1.165) is 26.4 Å². The zero-order chi connectivity index (χ0) is 17.7. The van der Waals surface area contributed by atoms with Gasteiger partial charge in [-0.3, -0.25) is 4.18 Å². The SMILES string of the molecule is COC(=O)c1cc(C(=O)Oc2ccccc2)cc(S(=O)(=O)OC)c1.[H-].[Na+]. The molecule has 2 aromatic rings. The van der Waals surface area contributed by atoms with Crippen molar-refractivity contribution in [3.63, 3.8) is 0 Å². The monoisotopic (exact) mass is 374 g/mol. The smallest absolute Gasteiger partial charge is 1.00 e. The van der Waals surface area contributed by atoms with Gasteiger partial charge < -0.3 is 10.9 Å². The maximum Gasteiger partial charge on any atom is 1.00 e. The Balaban J connectivity index is 0.00000312. The number of carbonyl (C=O) groups excluding carboxylic acids is 2. The molecule has 0 saturated heterocycles. The Kier molecular flexibility index (Phi) is 7.78. The number of hydrogen-bond acceptors (Lipinski definition) is 7. The van der Waals surface area contributed by atoms with Crippen LogP contribution in [0, 0.1) is 0 Å². The average Bonchev–Trinajstić information content (AvgIpc) is 2.61.